The molecule has 1 aromatic rings. The maximum absolute atomic E-state index is 5.68. The predicted octanol–water partition coefficient (Wildman–Crippen LogP) is 1.49. The highest BCUT2D eigenvalue weighted by molar-refractivity contribution is 5.39. The van der Waals surface area contributed by atoms with Crippen LogP contribution >= 0.6 is 0 Å². The molecule has 1 aliphatic rings. The van der Waals surface area contributed by atoms with Gasteiger partial charge in [-0.3, -0.25) is 0 Å². The van der Waals surface area contributed by atoms with E-state index in [1.165, 1.54) is 11.1 Å². The Morgan fingerprint density at radius 1 is 1.41 bits per heavy atom. The van der Waals surface area contributed by atoms with Crippen molar-refractivity contribution in [3.05, 3.63) is 29.3 Å². The summed E-state index contributed by atoms with van der Waals surface area (Å²) in [5, 5.41) is 3.47. The summed E-state index contributed by atoms with van der Waals surface area (Å²) < 4.78 is 5.50. The molecular weight excluding hydrogens is 212 g/mol. The highest BCUT2D eigenvalue weighted by Crippen LogP contribution is 2.25. The van der Waals surface area contributed by atoms with Gasteiger partial charge < -0.3 is 15.8 Å². The third-order valence-corrected chi connectivity index (χ3v) is 3.28. The fraction of sp³-hybridized carbons (Fsp3) is 0.571. The van der Waals surface area contributed by atoms with E-state index >= 15 is 0 Å². The van der Waals surface area contributed by atoms with Crippen molar-refractivity contribution in [3.8, 4) is 5.75 Å². The average Bonchev–Trinajstić information content (AvgIpc) is 2.76. The van der Waals surface area contributed by atoms with Gasteiger partial charge in [-0.1, -0.05) is 12.1 Å². The predicted molar refractivity (Wildman–Crippen MR) is 70.5 cm³/mol. The van der Waals surface area contributed by atoms with Gasteiger partial charge in [0.15, 0.2) is 0 Å². The first-order chi connectivity index (χ1) is 8.11. The van der Waals surface area contributed by atoms with Crippen LogP contribution in [-0.4, -0.2) is 25.2 Å². The molecule has 0 saturated heterocycles. The Hall–Kier alpha value is -1.06. The SMILES string of the molecule is CC(C)(CN)NCCc1ccc2c(c1)CCO2. The molecule has 3 nitrogen and oxygen atoms in total. The third kappa shape index (κ3) is 3.20. The Labute approximate surface area is 103 Å². The van der Waals surface area contributed by atoms with Crippen molar-refractivity contribution < 1.29 is 4.74 Å². The van der Waals surface area contributed by atoms with Gasteiger partial charge in [0.25, 0.3) is 0 Å². The van der Waals surface area contributed by atoms with Crippen LogP contribution in [0.5, 0.6) is 5.75 Å². The summed E-state index contributed by atoms with van der Waals surface area (Å²) in [5.41, 5.74) is 8.43. The summed E-state index contributed by atoms with van der Waals surface area (Å²) in [6.07, 6.45) is 2.08. The molecule has 0 amide bonds. The number of nitrogens with two attached hydrogens (primary N) is 1. The number of fused-ring (bicyclic) bond motifs is 1. The third-order valence-electron chi connectivity index (χ3n) is 3.28. The second kappa shape index (κ2) is 5.07. The maximum atomic E-state index is 5.68. The Balaban J connectivity index is 1.88. The normalized spacial score (nSPS) is 14.5. The van der Waals surface area contributed by atoms with Crippen LogP contribution in [0.2, 0.25) is 0 Å². The molecule has 0 spiro atoms. The van der Waals surface area contributed by atoms with E-state index in [1.807, 2.05) is 0 Å². The zero-order valence-electron chi connectivity index (χ0n) is 10.8. The first-order valence-electron chi connectivity index (χ1n) is 6.30. The lowest BCUT2D eigenvalue weighted by atomic mass is 10.0. The van der Waals surface area contributed by atoms with Crippen molar-refractivity contribution >= 4 is 0 Å². The highest BCUT2D eigenvalue weighted by atomic mass is 16.5. The van der Waals surface area contributed by atoms with Gasteiger partial charge in [-0.15, -0.1) is 0 Å². The van der Waals surface area contributed by atoms with E-state index in [2.05, 4.69) is 37.4 Å². The van der Waals surface area contributed by atoms with E-state index in [9.17, 15) is 0 Å². The van der Waals surface area contributed by atoms with Crippen molar-refractivity contribution in [2.75, 3.05) is 19.7 Å². The van der Waals surface area contributed by atoms with Gasteiger partial charge in [0.2, 0.25) is 0 Å². The smallest absolute Gasteiger partial charge is 0.122 e. The molecule has 1 aliphatic heterocycles. The van der Waals surface area contributed by atoms with Gasteiger partial charge in [-0.25, -0.2) is 0 Å². The molecular formula is C14H22N2O. The van der Waals surface area contributed by atoms with E-state index in [-0.39, 0.29) is 5.54 Å². The molecule has 94 valence electrons. The highest BCUT2D eigenvalue weighted by Gasteiger charge is 2.14. The van der Waals surface area contributed by atoms with Gasteiger partial charge >= 0.3 is 0 Å². The molecule has 0 bridgehead atoms. The Bertz CT molecular complexity index is 388. The maximum Gasteiger partial charge on any atom is 0.122 e. The molecule has 0 fully saturated rings. The molecule has 0 aliphatic carbocycles. The van der Waals surface area contributed by atoms with Crippen LogP contribution in [-0.2, 0) is 12.8 Å². The zero-order valence-corrected chi connectivity index (χ0v) is 10.8. The van der Waals surface area contributed by atoms with Gasteiger partial charge in [-0.05, 0) is 44.0 Å². The molecule has 0 unspecified atom stereocenters. The van der Waals surface area contributed by atoms with Crippen molar-refractivity contribution in [1.82, 2.24) is 5.32 Å². The lowest BCUT2D eigenvalue weighted by molar-refractivity contribution is 0.357. The Morgan fingerprint density at radius 3 is 3.00 bits per heavy atom. The number of ether oxygens (including phenoxy) is 1. The van der Waals surface area contributed by atoms with Crippen molar-refractivity contribution in [1.29, 1.82) is 0 Å². The van der Waals surface area contributed by atoms with Crippen LogP contribution in [0.3, 0.4) is 0 Å². The molecule has 0 aromatic heterocycles. The quantitative estimate of drug-likeness (QED) is 0.811. The summed E-state index contributed by atoms with van der Waals surface area (Å²) in [7, 11) is 0. The second-order valence-electron chi connectivity index (χ2n) is 5.31. The molecule has 2 rings (SSSR count). The summed E-state index contributed by atoms with van der Waals surface area (Å²) in [6.45, 7) is 6.71. The largest absolute Gasteiger partial charge is 0.493 e. The molecule has 1 aromatic carbocycles. The van der Waals surface area contributed by atoms with E-state index in [4.69, 9.17) is 10.5 Å². The Kier molecular flexibility index (Phi) is 3.69. The van der Waals surface area contributed by atoms with Crippen molar-refractivity contribution in [2.24, 2.45) is 5.73 Å². The first kappa shape index (κ1) is 12.4. The fourth-order valence-corrected chi connectivity index (χ4v) is 2.01. The standard InChI is InChI=1S/C14H22N2O/c1-14(2,10-15)16-7-5-11-3-4-13-12(9-11)6-8-17-13/h3-4,9,16H,5-8,10,15H2,1-2H3. The number of rotatable bonds is 5. The van der Waals surface area contributed by atoms with E-state index in [1.54, 1.807) is 0 Å². The Morgan fingerprint density at radius 2 is 2.24 bits per heavy atom. The van der Waals surface area contributed by atoms with E-state index in [0.717, 1.165) is 31.7 Å². The monoisotopic (exact) mass is 234 g/mol. The summed E-state index contributed by atoms with van der Waals surface area (Å²) in [5.74, 6) is 1.06. The summed E-state index contributed by atoms with van der Waals surface area (Å²) in [6, 6.07) is 6.51. The first-order valence-corrected chi connectivity index (χ1v) is 6.30. The van der Waals surface area contributed by atoms with Crippen molar-refractivity contribution in [2.45, 2.75) is 32.2 Å². The number of benzene rings is 1. The number of nitrogens with one attached hydrogen (secondary N) is 1. The molecule has 3 N–H and O–H groups in total. The van der Waals surface area contributed by atoms with E-state index < -0.39 is 0 Å². The molecule has 17 heavy (non-hydrogen) atoms. The van der Waals surface area contributed by atoms with Crippen LogP contribution in [0.1, 0.15) is 25.0 Å². The van der Waals surface area contributed by atoms with Crippen LogP contribution in [0.4, 0.5) is 0 Å². The lowest BCUT2D eigenvalue weighted by Crippen LogP contribution is -2.46. The number of hydrogen-bond donors (Lipinski definition) is 2. The topological polar surface area (TPSA) is 47.3 Å². The minimum absolute atomic E-state index is 0.0276. The minimum atomic E-state index is 0.0276. The summed E-state index contributed by atoms with van der Waals surface area (Å²) in [4.78, 5) is 0. The average molecular weight is 234 g/mol. The van der Waals surface area contributed by atoms with Crippen LogP contribution in [0, 0.1) is 0 Å². The van der Waals surface area contributed by atoms with Gasteiger partial charge in [0.05, 0.1) is 6.61 Å². The van der Waals surface area contributed by atoms with Crippen LogP contribution in [0.15, 0.2) is 18.2 Å². The minimum Gasteiger partial charge on any atom is -0.493 e. The van der Waals surface area contributed by atoms with Crippen LogP contribution < -0.4 is 15.8 Å². The zero-order chi connectivity index (χ0) is 12.3. The molecule has 0 atom stereocenters. The van der Waals surface area contributed by atoms with Gasteiger partial charge in [0.1, 0.15) is 5.75 Å². The summed E-state index contributed by atoms with van der Waals surface area (Å²) >= 11 is 0. The van der Waals surface area contributed by atoms with Crippen molar-refractivity contribution in [3.63, 3.8) is 0 Å². The van der Waals surface area contributed by atoms with Gasteiger partial charge in [0, 0.05) is 18.5 Å². The second-order valence-corrected chi connectivity index (χ2v) is 5.31. The molecule has 0 saturated carbocycles. The molecule has 0 radical (unpaired) electrons. The van der Waals surface area contributed by atoms with Crippen LogP contribution in [0.25, 0.3) is 0 Å². The van der Waals surface area contributed by atoms with Gasteiger partial charge in [-0.2, -0.15) is 0 Å². The van der Waals surface area contributed by atoms with E-state index in [0.29, 0.717) is 6.54 Å². The molecule has 3 heteroatoms. The lowest BCUT2D eigenvalue weighted by Gasteiger charge is -2.24. The molecule has 1 heterocycles. The number of hydrogen-bond acceptors (Lipinski definition) is 3. The fourth-order valence-electron chi connectivity index (χ4n) is 2.01.